The van der Waals surface area contributed by atoms with Crippen molar-refractivity contribution in [1.29, 1.82) is 0 Å². The molecule has 0 aliphatic carbocycles. The molecule has 0 saturated carbocycles. The molecule has 0 amide bonds. The number of sulfonamides is 1. The molecule has 0 unspecified atom stereocenters. The second kappa shape index (κ2) is 5.94. The number of aromatic amines is 1. The lowest BCUT2D eigenvalue weighted by atomic mass is 9.93. The van der Waals surface area contributed by atoms with Gasteiger partial charge in [-0.25, -0.2) is 13.1 Å². The van der Waals surface area contributed by atoms with Crippen molar-refractivity contribution in [3.05, 3.63) is 18.0 Å². The van der Waals surface area contributed by atoms with Gasteiger partial charge in [0.15, 0.2) is 0 Å². The monoisotopic (exact) mass is 303 g/mol. The molecule has 0 atom stereocenters. The highest BCUT2D eigenvalue weighted by atomic mass is 32.2. The van der Waals surface area contributed by atoms with Crippen LogP contribution < -0.4 is 14.7 Å². The molecule has 7 nitrogen and oxygen atoms in total. The lowest BCUT2D eigenvalue weighted by Crippen LogP contribution is -3.07. The Morgan fingerprint density at radius 3 is 2.50 bits per heavy atom. The maximum Gasteiger partial charge on any atom is 0.242 e. The van der Waals surface area contributed by atoms with E-state index in [1.54, 1.807) is 0 Å². The van der Waals surface area contributed by atoms with Gasteiger partial charge in [-0.15, -0.1) is 0 Å². The first-order chi connectivity index (χ1) is 9.03. The molecule has 0 fully saturated rings. The highest BCUT2D eigenvalue weighted by Gasteiger charge is 2.25. The van der Waals surface area contributed by atoms with Crippen molar-refractivity contribution < 1.29 is 23.2 Å². The average Bonchev–Trinajstić information content (AvgIpc) is 2.75. The van der Waals surface area contributed by atoms with Gasteiger partial charge in [0.1, 0.15) is 4.90 Å². The third-order valence-electron chi connectivity index (χ3n) is 2.76. The van der Waals surface area contributed by atoms with E-state index in [-0.39, 0.29) is 22.5 Å². The molecule has 0 aliphatic heterocycles. The van der Waals surface area contributed by atoms with Crippen LogP contribution in [0.4, 0.5) is 0 Å². The zero-order chi connectivity index (χ0) is 15.6. The fourth-order valence-electron chi connectivity index (χ4n) is 2.04. The van der Waals surface area contributed by atoms with Gasteiger partial charge in [0.25, 0.3) is 0 Å². The Kier molecular flexibility index (Phi) is 4.95. The maximum atomic E-state index is 12.0. The summed E-state index contributed by atoms with van der Waals surface area (Å²) in [5.41, 5.74) is -0.471. The summed E-state index contributed by atoms with van der Waals surface area (Å²) in [6.45, 7) is 5.00. The van der Waals surface area contributed by atoms with E-state index >= 15 is 0 Å². The quantitative estimate of drug-likeness (QED) is 0.533. The number of aromatic nitrogens is 1. The number of carboxylic acids is 1. The summed E-state index contributed by atoms with van der Waals surface area (Å²) < 4.78 is 26.6. The molecule has 0 aromatic carbocycles. The molecule has 1 rings (SSSR count). The number of hydrogen-bond donors (Lipinski definition) is 3. The van der Waals surface area contributed by atoms with Crippen LogP contribution in [0, 0.1) is 5.41 Å². The summed E-state index contributed by atoms with van der Waals surface area (Å²) in [5.74, 6) is -1.44. The number of aromatic carboxylic acids is 1. The van der Waals surface area contributed by atoms with E-state index in [1.807, 2.05) is 27.9 Å². The van der Waals surface area contributed by atoms with Crippen LogP contribution in [0.2, 0.25) is 0 Å². The van der Waals surface area contributed by atoms with Crippen LogP contribution in [0.5, 0.6) is 0 Å². The number of quaternary nitrogens is 1. The van der Waals surface area contributed by atoms with Gasteiger partial charge in [-0.3, -0.25) is 0 Å². The lowest BCUT2D eigenvalue weighted by molar-refractivity contribution is -0.865. The smallest absolute Gasteiger partial charge is 0.242 e. The van der Waals surface area contributed by atoms with Crippen LogP contribution in [0.15, 0.2) is 17.2 Å². The van der Waals surface area contributed by atoms with Crippen molar-refractivity contribution in [3.63, 3.8) is 0 Å². The van der Waals surface area contributed by atoms with Crippen LogP contribution in [0.3, 0.4) is 0 Å². The Morgan fingerprint density at radius 2 is 2.05 bits per heavy atom. The van der Waals surface area contributed by atoms with Crippen molar-refractivity contribution in [3.8, 4) is 0 Å². The molecule has 0 aliphatic rings. The number of nitrogens with one attached hydrogen (secondary N) is 3. The van der Waals surface area contributed by atoms with Gasteiger partial charge in [-0.1, -0.05) is 13.8 Å². The minimum Gasteiger partial charge on any atom is -0.543 e. The first-order valence-electron chi connectivity index (χ1n) is 6.22. The first kappa shape index (κ1) is 16.7. The topological polar surface area (TPSA) is 107 Å². The summed E-state index contributed by atoms with van der Waals surface area (Å²) in [7, 11) is 0.266. The first-order valence-corrected chi connectivity index (χ1v) is 7.70. The fourth-order valence-corrected chi connectivity index (χ4v) is 3.28. The van der Waals surface area contributed by atoms with Crippen molar-refractivity contribution in [2.45, 2.75) is 18.7 Å². The molecule has 20 heavy (non-hydrogen) atoms. The molecule has 0 radical (unpaired) electrons. The van der Waals surface area contributed by atoms with Crippen molar-refractivity contribution in [2.75, 3.05) is 27.2 Å². The van der Waals surface area contributed by atoms with Crippen LogP contribution in [-0.2, 0) is 10.0 Å². The van der Waals surface area contributed by atoms with Gasteiger partial charge in [0.2, 0.25) is 10.0 Å². The highest BCUT2D eigenvalue weighted by molar-refractivity contribution is 7.89. The summed E-state index contributed by atoms with van der Waals surface area (Å²) >= 11 is 0. The molecule has 114 valence electrons. The Hall–Kier alpha value is -1.38. The Labute approximate surface area is 119 Å². The van der Waals surface area contributed by atoms with E-state index in [0.717, 1.165) is 18.8 Å². The summed E-state index contributed by atoms with van der Waals surface area (Å²) in [5, 5.41) is 10.6. The van der Waals surface area contributed by atoms with Crippen LogP contribution in [-0.4, -0.2) is 46.6 Å². The van der Waals surface area contributed by atoms with Crippen molar-refractivity contribution in [1.82, 2.24) is 9.71 Å². The molecular weight excluding hydrogens is 282 g/mol. The molecule has 0 spiro atoms. The van der Waals surface area contributed by atoms with Gasteiger partial charge in [0, 0.05) is 18.2 Å². The fraction of sp³-hybridized carbons (Fsp3) is 0.583. The van der Waals surface area contributed by atoms with Crippen LogP contribution in [0.1, 0.15) is 24.3 Å². The van der Waals surface area contributed by atoms with E-state index in [1.165, 1.54) is 4.90 Å². The van der Waals surface area contributed by atoms with Gasteiger partial charge < -0.3 is 19.8 Å². The predicted molar refractivity (Wildman–Crippen MR) is 71.8 cm³/mol. The predicted octanol–water partition coefficient (Wildman–Crippen LogP) is -2.17. The van der Waals surface area contributed by atoms with E-state index in [0.29, 0.717) is 0 Å². The average molecular weight is 303 g/mol. The third-order valence-corrected chi connectivity index (χ3v) is 4.14. The van der Waals surface area contributed by atoms with Crippen LogP contribution >= 0.6 is 0 Å². The Bertz CT molecular complexity index is 575. The molecule has 1 aromatic rings. The standard InChI is InChI=1S/C12H21N3O4S/c1-12(2,8-15(3)4)7-14-20(18,19)9-5-10(11(16)17)13-6-9/h5-6,13-14H,7-8H2,1-4H3,(H,16,17). The second-order valence-electron chi connectivity index (χ2n) is 5.91. The van der Waals surface area contributed by atoms with E-state index in [4.69, 9.17) is 0 Å². The largest absolute Gasteiger partial charge is 0.543 e. The molecule has 0 saturated heterocycles. The molecule has 1 heterocycles. The minimum atomic E-state index is -3.72. The van der Waals surface area contributed by atoms with E-state index < -0.39 is 16.0 Å². The second-order valence-corrected chi connectivity index (χ2v) is 7.68. The van der Waals surface area contributed by atoms with Crippen molar-refractivity contribution >= 4 is 16.0 Å². The maximum absolute atomic E-state index is 12.0. The molecular formula is C12H21N3O4S. The number of carbonyl (C=O) groups is 1. The van der Waals surface area contributed by atoms with E-state index in [2.05, 4.69) is 9.71 Å². The lowest BCUT2D eigenvalue weighted by Gasteiger charge is -2.25. The highest BCUT2D eigenvalue weighted by Crippen LogP contribution is 2.14. The van der Waals surface area contributed by atoms with Crippen LogP contribution in [0.25, 0.3) is 0 Å². The summed E-state index contributed by atoms with van der Waals surface area (Å²) in [6, 6.07) is 1.04. The number of carbonyl (C=O) groups excluding carboxylic acids is 1. The zero-order valence-corrected chi connectivity index (χ0v) is 12.9. The number of H-pyrrole nitrogens is 1. The SMILES string of the molecule is C[NH+](C)CC(C)(C)CNS(=O)(=O)c1c[nH]c(C(=O)[O-])c1. The Morgan fingerprint density at radius 1 is 1.45 bits per heavy atom. The number of carboxylic acid groups (broad SMARTS) is 1. The number of hydrogen-bond acceptors (Lipinski definition) is 4. The summed E-state index contributed by atoms with van der Waals surface area (Å²) in [4.78, 5) is 14.1. The number of rotatable bonds is 7. The minimum absolute atomic E-state index is 0.107. The third kappa shape index (κ3) is 4.62. The Balaban J connectivity index is 2.77. The van der Waals surface area contributed by atoms with Gasteiger partial charge in [-0.2, -0.15) is 0 Å². The van der Waals surface area contributed by atoms with Gasteiger partial charge in [0.05, 0.1) is 32.3 Å². The molecule has 1 aromatic heterocycles. The molecule has 8 heteroatoms. The normalized spacial score (nSPS) is 12.8. The van der Waals surface area contributed by atoms with Gasteiger partial charge in [-0.05, 0) is 6.07 Å². The van der Waals surface area contributed by atoms with Gasteiger partial charge >= 0.3 is 0 Å². The summed E-state index contributed by atoms with van der Waals surface area (Å²) in [6.07, 6.45) is 1.14. The molecule has 3 N–H and O–H groups in total. The van der Waals surface area contributed by atoms with E-state index in [9.17, 15) is 18.3 Å². The zero-order valence-electron chi connectivity index (χ0n) is 12.1. The molecule has 0 bridgehead atoms. The van der Waals surface area contributed by atoms with Crippen molar-refractivity contribution in [2.24, 2.45) is 5.41 Å².